The quantitative estimate of drug-likeness (QED) is 0.162. The first kappa shape index (κ1) is 31.4. The Hall–Kier alpha value is -5.18. The van der Waals surface area contributed by atoms with Gasteiger partial charge in [0.05, 0.1) is 33.5 Å². The van der Waals surface area contributed by atoms with E-state index in [4.69, 9.17) is 9.97 Å². The molecule has 5 aromatic carbocycles. The molecular formula is C40H28Br2N4O2. The van der Waals surface area contributed by atoms with Gasteiger partial charge in [-0.3, -0.25) is 9.59 Å². The molecule has 0 spiro atoms. The molecule has 0 fully saturated rings. The normalized spacial score (nSPS) is 11.0. The number of hydrogen-bond acceptors (Lipinski definition) is 4. The van der Waals surface area contributed by atoms with E-state index in [1.54, 1.807) is 0 Å². The van der Waals surface area contributed by atoms with Crippen LogP contribution in [0.3, 0.4) is 0 Å². The van der Waals surface area contributed by atoms with Crippen molar-refractivity contribution in [1.29, 1.82) is 0 Å². The first-order valence-corrected chi connectivity index (χ1v) is 17.0. The lowest BCUT2D eigenvalue weighted by atomic mass is 10.0. The maximum atomic E-state index is 13.5. The zero-order chi connectivity index (χ0) is 33.0. The molecule has 2 aromatic heterocycles. The van der Waals surface area contributed by atoms with E-state index in [1.165, 1.54) is 0 Å². The van der Waals surface area contributed by atoms with Gasteiger partial charge in [-0.1, -0.05) is 117 Å². The molecule has 234 valence electrons. The van der Waals surface area contributed by atoms with Crippen LogP contribution in [0.2, 0.25) is 0 Å². The number of hydrogen-bond donors (Lipinski definition) is 2. The predicted octanol–water partition coefficient (Wildman–Crippen LogP) is 9.50. The van der Waals surface area contributed by atoms with E-state index in [1.807, 2.05) is 133 Å². The van der Waals surface area contributed by atoms with E-state index < -0.39 is 0 Å². The van der Waals surface area contributed by atoms with Crippen molar-refractivity contribution in [3.8, 4) is 22.5 Å². The molecule has 7 aromatic rings. The van der Waals surface area contributed by atoms with Gasteiger partial charge in [0.15, 0.2) is 0 Å². The molecule has 2 heterocycles. The van der Waals surface area contributed by atoms with Gasteiger partial charge in [-0.15, -0.1) is 0 Å². The molecule has 0 aliphatic rings. The van der Waals surface area contributed by atoms with Crippen molar-refractivity contribution in [3.63, 3.8) is 0 Å². The minimum absolute atomic E-state index is 0.171. The summed E-state index contributed by atoms with van der Waals surface area (Å²) < 4.78 is 1.96. The molecule has 0 saturated carbocycles. The number of para-hydroxylation sites is 2. The minimum Gasteiger partial charge on any atom is -0.348 e. The van der Waals surface area contributed by atoms with Crippen LogP contribution in [0.15, 0.2) is 142 Å². The van der Waals surface area contributed by atoms with Crippen molar-refractivity contribution >= 4 is 65.5 Å². The Kier molecular flexibility index (Phi) is 9.09. The number of nitrogens with one attached hydrogen (secondary N) is 2. The Morgan fingerprint density at radius 3 is 1.27 bits per heavy atom. The summed E-state index contributed by atoms with van der Waals surface area (Å²) in [5.74, 6) is -0.342. The van der Waals surface area contributed by atoms with E-state index in [2.05, 4.69) is 42.5 Å². The van der Waals surface area contributed by atoms with Crippen molar-refractivity contribution in [2.45, 2.75) is 13.1 Å². The van der Waals surface area contributed by atoms with E-state index in [-0.39, 0.29) is 11.8 Å². The van der Waals surface area contributed by atoms with Gasteiger partial charge < -0.3 is 10.6 Å². The molecular weight excluding hydrogens is 728 g/mol. The van der Waals surface area contributed by atoms with Gasteiger partial charge in [-0.2, -0.15) is 0 Å². The Morgan fingerprint density at radius 2 is 0.875 bits per heavy atom. The monoisotopic (exact) mass is 754 g/mol. The second-order valence-corrected chi connectivity index (χ2v) is 13.2. The SMILES string of the molecule is O=C(NCc1ccc(CNC(=O)c2cc(-c3ccc(Br)cc3)nc3ccccc23)cc1)c1cc(-c2ccc(Br)cc2)nc2ccccc12. The zero-order valence-electron chi connectivity index (χ0n) is 25.6. The average Bonchev–Trinajstić information content (AvgIpc) is 3.13. The van der Waals surface area contributed by atoms with Crippen molar-refractivity contribution < 1.29 is 9.59 Å². The smallest absolute Gasteiger partial charge is 0.252 e. The highest BCUT2D eigenvalue weighted by atomic mass is 79.9. The molecule has 7 rings (SSSR count). The number of amides is 2. The van der Waals surface area contributed by atoms with Crippen LogP contribution in [0.1, 0.15) is 31.8 Å². The van der Waals surface area contributed by atoms with Gasteiger partial charge in [0.1, 0.15) is 0 Å². The summed E-state index contributed by atoms with van der Waals surface area (Å²) in [6.07, 6.45) is 0. The molecule has 2 N–H and O–H groups in total. The van der Waals surface area contributed by atoms with Crippen LogP contribution in [0.4, 0.5) is 0 Å². The third-order valence-electron chi connectivity index (χ3n) is 8.13. The number of rotatable bonds is 8. The summed E-state index contributed by atoms with van der Waals surface area (Å²) in [6, 6.07) is 42.7. The molecule has 0 saturated heterocycles. The highest BCUT2D eigenvalue weighted by Crippen LogP contribution is 2.28. The molecule has 0 radical (unpaired) electrons. The summed E-state index contributed by atoms with van der Waals surface area (Å²) in [6.45, 7) is 0.717. The Bertz CT molecular complexity index is 2120. The lowest BCUT2D eigenvalue weighted by Crippen LogP contribution is -2.24. The Balaban J connectivity index is 1.03. The maximum Gasteiger partial charge on any atom is 0.252 e. The second kappa shape index (κ2) is 13.9. The van der Waals surface area contributed by atoms with Crippen LogP contribution in [-0.4, -0.2) is 21.8 Å². The minimum atomic E-state index is -0.171. The Labute approximate surface area is 294 Å². The van der Waals surface area contributed by atoms with Crippen LogP contribution >= 0.6 is 31.9 Å². The highest BCUT2D eigenvalue weighted by molar-refractivity contribution is 9.10. The summed E-state index contributed by atoms with van der Waals surface area (Å²) in [5.41, 5.74) is 7.91. The standard InChI is InChI=1S/C40H28Br2N4O2/c41-29-17-13-27(14-18-29)37-21-33(31-5-1-3-7-35(31)45-37)39(47)43-23-25-9-11-26(12-10-25)24-44-40(48)34-22-38(28-15-19-30(42)20-16-28)46-36-8-4-2-6-32(34)36/h1-22H,23-24H2,(H,43,47)(H,44,48). The number of carbonyl (C=O) groups is 2. The van der Waals surface area contributed by atoms with Gasteiger partial charge in [0.2, 0.25) is 0 Å². The fourth-order valence-corrected chi connectivity index (χ4v) is 6.12. The van der Waals surface area contributed by atoms with E-state index in [0.29, 0.717) is 24.2 Å². The molecule has 0 atom stereocenters. The third kappa shape index (κ3) is 6.90. The number of benzene rings is 5. The highest BCUT2D eigenvalue weighted by Gasteiger charge is 2.16. The predicted molar refractivity (Wildman–Crippen MR) is 199 cm³/mol. The largest absolute Gasteiger partial charge is 0.348 e. The van der Waals surface area contributed by atoms with Gasteiger partial charge in [0.25, 0.3) is 11.8 Å². The van der Waals surface area contributed by atoms with Gasteiger partial charge in [-0.05, 0) is 59.7 Å². The zero-order valence-corrected chi connectivity index (χ0v) is 28.8. The van der Waals surface area contributed by atoms with Crippen LogP contribution in [0, 0.1) is 0 Å². The summed E-state index contributed by atoms with van der Waals surface area (Å²) in [4.78, 5) is 36.5. The molecule has 0 aliphatic carbocycles. The van der Waals surface area contributed by atoms with E-state index >= 15 is 0 Å². The molecule has 0 aliphatic heterocycles. The molecule has 2 amide bonds. The third-order valence-corrected chi connectivity index (χ3v) is 9.19. The maximum absolute atomic E-state index is 13.5. The van der Waals surface area contributed by atoms with Crippen molar-refractivity contribution in [2.75, 3.05) is 0 Å². The van der Waals surface area contributed by atoms with Crippen LogP contribution in [0.25, 0.3) is 44.3 Å². The lowest BCUT2D eigenvalue weighted by molar-refractivity contribution is 0.0944. The molecule has 48 heavy (non-hydrogen) atoms. The van der Waals surface area contributed by atoms with Crippen molar-refractivity contribution in [2.24, 2.45) is 0 Å². The number of nitrogens with zero attached hydrogens (tertiary/aromatic N) is 2. The van der Waals surface area contributed by atoms with Crippen LogP contribution in [0.5, 0.6) is 0 Å². The summed E-state index contributed by atoms with van der Waals surface area (Å²) in [5, 5.41) is 7.74. The first-order chi connectivity index (χ1) is 23.4. The van der Waals surface area contributed by atoms with Crippen molar-refractivity contribution in [3.05, 3.63) is 165 Å². The van der Waals surface area contributed by atoms with Crippen LogP contribution in [-0.2, 0) is 13.1 Å². The number of aromatic nitrogens is 2. The summed E-state index contributed by atoms with van der Waals surface area (Å²) in [7, 11) is 0. The molecule has 6 nitrogen and oxygen atoms in total. The lowest BCUT2D eigenvalue weighted by Gasteiger charge is -2.12. The molecule has 8 heteroatoms. The van der Waals surface area contributed by atoms with Crippen molar-refractivity contribution in [1.82, 2.24) is 20.6 Å². The number of fused-ring (bicyclic) bond motifs is 2. The fraction of sp³-hybridized carbons (Fsp3) is 0.0500. The fourth-order valence-electron chi connectivity index (χ4n) is 5.59. The second-order valence-electron chi connectivity index (χ2n) is 11.3. The number of pyridine rings is 2. The molecule has 0 bridgehead atoms. The van der Waals surface area contributed by atoms with E-state index in [0.717, 1.165) is 64.4 Å². The van der Waals surface area contributed by atoms with Gasteiger partial charge >= 0.3 is 0 Å². The first-order valence-electron chi connectivity index (χ1n) is 15.4. The Morgan fingerprint density at radius 1 is 0.500 bits per heavy atom. The van der Waals surface area contributed by atoms with Gasteiger partial charge in [0, 0.05) is 43.9 Å². The average molecular weight is 756 g/mol. The summed E-state index contributed by atoms with van der Waals surface area (Å²) >= 11 is 6.96. The van der Waals surface area contributed by atoms with E-state index in [9.17, 15) is 9.59 Å². The van der Waals surface area contributed by atoms with Gasteiger partial charge in [-0.25, -0.2) is 9.97 Å². The van der Waals surface area contributed by atoms with Crippen LogP contribution < -0.4 is 10.6 Å². The topological polar surface area (TPSA) is 84.0 Å². The number of carbonyl (C=O) groups excluding carboxylic acids is 2. The molecule has 0 unspecified atom stereocenters. The number of halogens is 2.